The number of nitrogens with one attached hydrogen (secondary N) is 1. The molecule has 0 amide bonds. The average Bonchev–Trinajstić information content (AvgIpc) is 2.76. The van der Waals surface area contributed by atoms with E-state index in [0.29, 0.717) is 5.52 Å². The standard InChI is InChI=1S/C11H8N4O/c16-11-10-6-9(8-2-1-3-12-7-8)14-15(10)5-4-13-11/h1-7H,(H,13,16). The Morgan fingerprint density at radius 3 is 3.06 bits per heavy atom. The fourth-order valence-electron chi connectivity index (χ4n) is 1.59. The molecule has 0 radical (unpaired) electrons. The van der Waals surface area contributed by atoms with Crippen LogP contribution in [0.15, 0.2) is 47.8 Å². The summed E-state index contributed by atoms with van der Waals surface area (Å²) in [7, 11) is 0. The van der Waals surface area contributed by atoms with Crippen molar-refractivity contribution in [3.05, 3.63) is 53.3 Å². The van der Waals surface area contributed by atoms with Crippen LogP contribution in [0.4, 0.5) is 0 Å². The largest absolute Gasteiger partial charge is 0.326 e. The lowest BCUT2D eigenvalue weighted by Crippen LogP contribution is -2.07. The zero-order valence-corrected chi connectivity index (χ0v) is 8.29. The van der Waals surface area contributed by atoms with E-state index in [0.717, 1.165) is 11.3 Å². The molecule has 0 spiro atoms. The predicted octanol–water partition coefficient (Wildman–Crippen LogP) is 1.08. The molecule has 0 aliphatic rings. The molecule has 5 heteroatoms. The van der Waals surface area contributed by atoms with E-state index in [1.807, 2.05) is 12.1 Å². The molecule has 78 valence electrons. The lowest BCUT2D eigenvalue weighted by Gasteiger charge is -1.92. The highest BCUT2D eigenvalue weighted by Gasteiger charge is 2.05. The Bertz CT molecular complexity index is 684. The molecular weight excluding hydrogens is 204 g/mol. The van der Waals surface area contributed by atoms with Crippen LogP contribution >= 0.6 is 0 Å². The second-order valence-corrected chi connectivity index (χ2v) is 3.39. The van der Waals surface area contributed by atoms with Gasteiger partial charge in [0.25, 0.3) is 5.56 Å². The number of aromatic nitrogens is 4. The topological polar surface area (TPSA) is 63.0 Å². The van der Waals surface area contributed by atoms with Crippen molar-refractivity contribution in [3.63, 3.8) is 0 Å². The minimum Gasteiger partial charge on any atom is -0.326 e. The summed E-state index contributed by atoms with van der Waals surface area (Å²) in [5, 5.41) is 4.30. The van der Waals surface area contributed by atoms with Crippen molar-refractivity contribution < 1.29 is 0 Å². The molecule has 3 rings (SSSR count). The van der Waals surface area contributed by atoms with Crippen LogP contribution in [0.25, 0.3) is 16.8 Å². The van der Waals surface area contributed by atoms with E-state index in [2.05, 4.69) is 15.1 Å². The minimum absolute atomic E-state index is 0.148. The van der Waals surface area contributed by atoms with Gasteiger partial charge in [-0.2, -0.15) is 5.10 Å². The van der Waals surface area contributed by atoms with Crippen LogP contribution in [-0.4, -0.2) is 19.6 Å². The number of aromatic amines is 1. The molecule has 0 saturated heterocycles. The van der Waals surface area contributed by atoms with Crippen molar-refractivity contribution in [3.8, 4) is 11.3 Å². The molecule has 16 heavy (non-hydrogen) atoms. The quantitative estimate of drug-likeness (QED) is 0.656. The summed E-state index contributed by atoms with van der Waals surface area (Å²) in [4.78, 5) is 18.1. The Morgan fingerprint density at radius 2 is 2.31 bits per heavy atom. The van der Waals surface area contributed by atoms with Gasteiger partial charge in [0.2, 0.25) is 0 Å². The maximum atomic E-state index is 11.5. The SMILES string of the molecule is O=c1[nH]ccn2nc(-c3cccnc3)cc12. The lowest BCUT2D eigenvalue weighted by molar-refractivity contribution is 0.939. The van der Waals surface area contributed by atoms with E-state index < -0.39 is 0 Å². The summed E-state index contributed by atoms with van der Waals surface area (Å²) in [5.41, 5.74) is 2.02. The average molecular weight is 212 g/mol. The van der Waals surface area contributed by atoms with Crippen molar-refractivity contribution in [2.45, 2.75) is 0 Å². The number of H-pyrrole nitrogens is 1. The van der Waals surface area contributed by atoms with Gasteiger partial charge in [0.1, 0.15) is 5.52 Å². The van der Waals surface area contributed by atoms with Crippen LogP contribution in [0.5, 0.6) is 0 Å². The van der Waals surface area contributed by atoms with E-state index in [1.165, 1.54) is 0 Å². The number of hydrogen-bond donors (Lipinski definition) is 1. The third-order valence-corrected chi connectivity index (χ3v) is 2.36. The number of hydrogen-bond acceptors (Lipinski definition) is 3. The van der Waals surface area contributed by atoms with Gasteiger partial charge in [0.05, 0.1) is 5.69 Å². The highest BCUT2D eigenvalue weighted by molar-refractivity contribution is 5.64. The van der Waals surface area contributed by atoms with Gasteiger partial charge >= 0.3 is 0 Å². The van der Waals surface area contributed by atoms with Gasteiger partial charge < -0.3 is 4.98 Å². The zero-order valence-electron chi connectivity index (χ0n) is 8.29. The predicted molar refractivity (Wildman–Crippen MR) is 59.0 cm³/mol. The van der Waals surface area contributed by atoms with Crippen LogP contribution in [0.2, 0.25) is 0 Å². The molecule has 3 aromatic heterocycles. The molecule has 3 heterocycles. The fourth-order valence-corrected chi connectivity index (χ4v) is 1.59. The Labute approximate surface area is 90.4 Å². The van der Waals surface area contributed by atoms with Crippen molar-refractivity contribution in [2.24, 2.45) is 0 Å². The molecule has 0 aromatic carbocycles. The first-order valence-electron chi connectivity index (χ1n) is 4.82. The summed E-state index contributed by atoms with van der Waals surface area (Å²) >= 11 is 0. The van der Waals surface area contributed by atoms with Crippen LogP contribution in [0.1, 0.15) is 0 Å². The number of nitrogens with zero attached hydrogens (tertiary/aromatic N) is 3. The lowest BCUT2D eigenvalue weighted by atomic mass is 10.2. The molecule has 0 saturated carbocycles. The monoisotopic (exact) mass is 212 g/mol. The summed E-state index contributed by atoms with van der Waals surface area (Å²) in [6.45, 7) is 0. The molecular formula is C11H8N4O. The van der Waals surface area contributed by atoms with Gasteiger partial charge in [-0.05, 0) is 18.2 Å². The molecule has 0 aliphatic heterocycles. The van der Waals surface area contributed by atoms with Crippen molar-refractivity contribution in [1.29, 1.82) is 0 Å². The van der Waals surface area contributed by atoms with Crippen LogP contribution in [0.3, 0.4) is 0 Å². The first-order chi connectivity index (χ1) is 7.84. The molecule has 0 unspecified atom stereocenters. The molecule has 3 aromatic rings. The summed E-state index contributed by atoms with van der Waals surface area (Å²) < 4.78 is 1.56. The van der Waals surface area contributed by atoms with Crippen LogP contribution < -0.4 is 5.56 Å². The highest BCUT2D eigenvalue weighted by atomic mass is 16.1. The second kappa shape index (κ2) is 3.30. The third-order valence-electron chi connectivity index (χ3n) is 2.36. The molecule has 0 bridgehead atoms. The summed E-state index contributed by atoms with van der Waals surface area (Å²) in [6, 6.07) is 5.49. The van der Waals surface area contributed by atoms with Gasteiger partial charge in [0, 0.05) is 30.4 Å². The first kappa shape index (κ1) is 8.84. The summed E-state index contributed by atoms with van der Waals surface area (Å²) in [6.07, 6.45) is 6.69. The van der Waals surface area contributed by atoms with Crippen LogP contribution in [-0.2, 0) is 0 Å². The van der Waals surface area contributed by atoms with E-state index in [9.17, 15) is 4.79 Å². The number of rotatable bonds is 1. The van der Waals surface area contributed by atoms with Crippen molar-refractivity contribution in [2.75, 3.05) is 0 Å². The normalized spacial score (nSPS) is 10.8. The van der Waals surface area contributed by atoms with E-state index in [1.54, 1.807) is 35.4 Å². The van der Waals surface area contributed by atoms with Crippen LogP contribution in [0, 0.1) is 0 Å². The van der Waals surface area contributed by atoms with E-state index >= 15 is 0 Å². The molecule has 5 nitrogen and oxygen atoms in total. The van der Waals surface area contributed by atoms with E-state index in [4.69, 9.17) is 0 Å². The van der Waals surface area contributed by atoms with Gasteiger partial charge in [-0.25, -0.2) is 4.52 Å². The molecule has 0 aliphatic carbocycles. The van der Waals surface area contributed by atoms with Gasteiger partial charge in [-0.3, -0.25) is 9.78 Å². The van der Waals surface area contributed by atoms with Gasteiger partial charge in [-0.1, -0.05) is 0 Å². The smallest absolute Gasteiger partial charge is 0.273 e. The molecule has 0 atom stereocenters. The fraction of sp³-hybridized carbons (Fsp3) is 0. The maximum Gasteiger partial charge on any atom is 0.273 e. The molecule has 0 fully saturated rings. The minimum atomic E-state index is -0.148. The third kappa shape index (κ3) is 1.30. The highest BCUT2D eigenvalue weighted by Crippen LogP contribution is 2.16. The first-order valence-corrected chi connectivity index (χ1v) is 4.82. The Balaban J connectivity index is 2.28. The Morgan fingerprint density at radius 1 is 1.38 bits per heavy atom. The van der Waals surface area contributed by atoms with Gasteiger partial charge in [0.15, 0.2) is 0 Å². The Hall–Kier alpha value is -2.43. The summed E-state index contributed by atoms with van der Waals surface area (Å²) in [5.74, 6) is 0. The zero-order chi connectivity index (χ0) is 11.0. The molecule has 1 N–H and O–H groups in total. The maximum absolute atomic E-state index is 11.5. The van der Waals surface area contributed by atoms with Crippen molar-refractivity contribution >= 4 is 5.52 Å². The van der Waals surface area contributed by atoms with E-state index in [-0.39, 0.29) is 5.56 Å². The van der Waals surface area contributed by atoms with Gasteiger partial charge in [-0.15, -0.1) is 0 Å². The number of pyridine rings is 1. The Kier molecular flexibility index (Phi) is 1.83. The van der Waals surface area contributed by atoms with Crippen molar-refractivity contribution in [1.82, 2.24) is 19.6 Å². The second-order valence-electron chi connectivity index (χ2n) is 3.39. The number of fused-ring (bicyclic) bond motifs is 1.